The van der Waals surface area contributed by atoms with Crippen molar-refractivity contribution in [3.05, 3.63) is 35.9 Å². The van der Waals surface area contributed by atoms with Crippen LogP contribution in [0.25, 0.3) is 0 Å². The first-order chi connectivity index (χ1) is 12.4. The van der Waals surface area contributed by atoms with Crippen molar-refractivity contribution in [3.8, 4) is 0 Å². The topological polar surface area (TPSA) is 73.8 Å². The number of nitrogens with zero attached hydrogens (tertiary/aromatic N) is 2. The predicted molar refractivity (Wildman–Crippen MR) is 108 cm³/mol. The molecule has 0 spiro atoms. The molecule has 6 nitrogen and oxygen atoms in total. The zero-order valence-electron chi connectivity index (χ0n) is 16.1. The Morgan fingerprint density at radius 2 is 2.08 bits per heavy atom. The van der Waals surface area contributed by atoms with E-state index in [1.54, 1.807) is 0 Å². The lowest BCUT2D eigenvalue weighted by atomic mass is 10.1. The average molecular weight is 381 g/mol. The molecular formula is C19H32N4O2S. The van der Waals surface area contributed by atoms with Crippen LogP contribution in [0.15, 0.2) is 35.3 Å². The second kappa shape index (κ2) is 9.92. The highest BCUT2D eigenvalue weighted by Gasteiger charge is 2.28. The monoisotopic (exact) mass is 380 g/mol. The summed E-state index contributed by atoms with van der Waals surface area (Å²) in [4.78, 5) is 6.96. The van der Waals surface area contributed by atoms with Crippen molar-refractivity contribution in [1.82, 2.24) is 15.5 Å². The van der Waals surface area contributed by atoms with Crippen molar-refractivity contribution in [1.29, 1.82) is 0 Å². The Labute approximate surface area is 158 Å². The molecule has 0 radical (unpaired) electrons. The molecule has 0 amide bonds. The van der Waals surface area contributed by atoms with Crippen LogP contribution in [0.2, 0.25) is 0 Å². The summed E-state index contributed by atoms with van der Waals surface area (Å²) in [6.07, 6.45) is 1.60. The van der Waals surface area contributed by atoms with Crippen molar-refractivity contribution in [2.24, 2.45) is 4.99 Å². The van der Waals surface area contributed by atoms with Crippen molar-refractivity contribution >= 4 is 15.8 Å². The van der Waals surface area contributed by atoms with Crippen LogP contribution < -0.4 is 10.6 Å². The number of hydrogen-bond acceptors (Lipinski definition) is 4. The van der Waals surface area contributed by atoms with Gasteiger partial charge in [-0.1, -0.05) is 30.3 Å². The molecule has 2 unspecified atom stereocenters. The predicted octanol–water partition coefficient (Wildman–Crippen LogP) is 1.64. The molecule has 2 rings (SSSR count). The van der Waals surface area contributed by atoms with Crippen LogP contribution in [0.5, 0.6) is 0 Å². The fourth-order valence-electron chi connectivity index (χ4n) is 3.03. The van der Waals surface area contributed by atoms with Gasteiger partial charge in [-0.25, -0.2) is 8.42 Å². The van der Waals surface area contributed by atoms with Gasteiger partial charge in [0.2, 0.25) is 0 Å². The first kappa shape index (κ1) is 20.7. The Kier molecular flexibility index (Phi) is 7.90. The summed E-state index contributed by atoms with van der Waals surface area (Å²) in [5.74, 6) is 1.19. The van der Waals surface area contributed by atoms with E-state index in [4.69, 9.17) is 0 Å². The molecule has 0 aromatic heterocycles. The minimum absolute atomic E-state index is 0.0315. The molecule has 2 atom stereocenters. The first-order valence-corrected chi connectivity index (χ1v) is 11.2. The minimum atomic E-state index is -2.88. The summed E-state index contributed by atoms with van der Waals surface area (Å²) in [6.45, 7) is 6.61. The van der Waals surface area contributed by atoms with Gasteiger partial charge in [-0.3, -0.25) is 9.89 Å². The largest absolute Gasteiger partial charge is 0.357 e. The second-order valence-corrected chi connectivity index (χ2v) is 9.27. The van der Waals surface area contributed by atoms with E-state index in [9.17, 15) is 8.42 Å². The van der Waals surface area contributed by atoms with Gasteiger partial charge in [-0.15, -0.1) is 0 Å². The SMILES string of the molecule is CCNC(=NCCC(C)N(C)Cc1ccccc1)NC1CCS(=O)(=O)C1. The van der Waals surface area contributed by atoms with Gasteiger partial charge in [0.1, 0.15) is 0 Å². The smallest absolute Gasteiger partial charge is 0.191 e. The standard InChI is InChI=1S/C19H32N4O2S/c1-4-20-19(22-18-11-13-26(24,25)15-18)21-12-10-16(2)23(3)14-17-8-6-5-7-9-17/h5-9,16,18H,4,10-15H2,1-3H3,(H2,20,21,22). The number of aliphatic imine (C=N–C) groups is 1. The van der Waals surface area contributed by atoms with Crippen LogP contribution in [0.3, 0.4) is 0 Å². The Hall–Kier alpha value is -1.60. The van der Waals surface area contributed by atoms with Crippen molar-refractivity contribution in [3.63, 3.8) is 0 Å². The third-order valence-electron chi connectivity index (χ3n) is 4.76. The summed E-state index contributed by atoms with van der Waals surface area (Å²) in [6, 6.07) is 10.8. The van der Waals surface area contributed by atoms with Crippen LogP contribution in [0, 0.1) is 0 Å². The van der Waals surface area contributed by atoms with Gasteiger partial charge in [-0.05, 0) is 39.3 Å². The molecule has 146 valence electrons. The molecule has 1 saturated heterocycles. The van der Waals surface area contributed by atoms with Gasteiger partial charge in [-0.2, -0.15) is 0 Å². The van der Waals surface area contributed by atoms with Crippen LogP contribution in [-0.4, -0.2) is 63.0 Å². The summed E-state index contributed by atoms with van der Waals surface area (Å²) in [7, 11) is -0.750. The molecule has 1 heterocycles. The number of sulfone groups is 1. The van der Waals surface area contributed by atoms with Crippen LogP contribution >= 0.6 is 0 Å². The molecule has 1 aliphatic heterocycles. The van der Waals surface area contributed by atoms with E-state index >= 15 is 0 Å². The van der Waals surface area contributed by atoms with E-state index in [1.165, 1.54) is 5.56 Å². The van der Waals surface area contributed by atoms with Crippen molar-refractivity contribution < 1.29 is 8.42 Å². The van der Waals surface area contributed by atoms with E-state index < -0.39 is 9.84 Å². The van der Waals surface area contributed by atoms with Gasteiger partial charge in [0.25, 0.3) is 0 Å². The van der Waals surface area contributed by atoms with Crippen molar-refractivity contribution in [2.45, 2.75) is 45.3 Å². The molecule has 1 aromatic carbocycles. The van der Waals surface area contributed by atoms with Gasteiger partial charge in [0.15, 0.2) is 15.8 Å². The van der Waals surface area contributed by atoms with Gasteiger partial charge < -0.3 is 10.6 Å². The molecule has 7 heteroatoms. The molecule has 1 aromatic rings. The maximum Gasteiger partial charge on any atom is 0.191 e. The van der Waals surface area contributed by atoms with Crippen molar-refractivity contribution in [2.75, 3.05) is 31.6 Å². The highest BCUT2D eigenvalue weighted by atomic mass is 32.2. The highest BCUT2D eigenvalue weighted by Crippen LogP contribution is 2.11. The minimum Gasteiger partial charge on any atom is -0.357 e. The van der Waals surface area contributed by atoms with E-state index in [1.807, 2.05) is 13.0 Å². The lowest BCUT2D eigenvalue weighted by Crippen LogP contribution is -2.44. The molecule has 0 bridgehead atoms. The van der Waals surface area contributed by atoms with E-state index in [0.29, 0.717) is 25.0 Å². The summed E-state index contributed by atoms with van der Waals surface area (Å²) >= 11 is 0. The summed E-state index contributed by atoms with van der Waals surface area (Å²) < 4.78 is 23.2. The normalized spacial score (nSPS) is 20.9. The molecule has 0 aliphatic carbocycles. The molecule has 0 saturated carbocycles. The van der Waals surface area contributed by atoms with E-state index in [0.717, 1.165) is 19.5 Å². The molecule has 2 N–H and O–H groups in total. The van der Waals surface area contributed by atoms with Crippen LogP contribution in [0.4, 0.5) is 0 Å². The second-order valence-electron chi connectivity index (χ2n) is 7.04. The van der Waals surface area contributed by atoms with E-state index in [-0.39, 0.29) is 17.5 Å². The molecule has 1 aliphatic rings. The zero-order valence-corrected chi connectivity index (χ0v) is 16.9. The molecule has 26 heavy (non-hydrogen) atoms. The first-order valence-electron chi connectivity index (χ1n) is 9.39. The number of hydrogen-bond donors (Lipinski definition) is 2. The number of benzene rings is 1. The zero-order chi connectivity index (χ0) is 19.0. The lowest BCUT2D eigenvalue weighted by molar-refractivity contribution is 0.240. The third-order valence-corrected chi connectivity index (χ3v) is 6.53. The lowest BCUT2D eigenvalue weighted by Gasteiger charge is -2.24. The number of guanidine groups is 1. The van der Waals surface area contributed by atoms with E-state index in [2.05, 4.69) is 58.8 Å². The summed E-state index contributed by atoms with van der Waals surface area (Å²) in [5, 5.41) is 6.47. The fourth-order valence-corrected chi connectivity index (χ4v) is 4.71. The Morgan fingerprint density at radius 3 is 2.69 bits per heavy atom. The molecular weight excluding hydrogens is 348 g/mol. The maximum absolute atomic E-state index is 11.6. The maximum atomic E-state index is 11.6. The summed E-state index contributed by atoms with van der Waals surface area (Å²) in [5.41, 5.74) is 1.31. The average Bonchev–Trinajstić information content (AvgIpc) is 2.94. The number of nitrogens with one attached hydrogen (secondary N) is 2. The third kappa shape index (κ3) is 6.96. The quantitative estimate of drug-likeness (QED) is 0.530. The Bertz CT molecular complexity index is 676. The Balaban J connectivity index is 1.81. The van der Waals surface area contributed by atoms with Crippen LogP contribution in [-0.2, 0) is 16.4 Å². The van der Waals surface area contributed by atoms with Crippen LogP contribution in [0.1, 0.15) is 32.3 Å². The Morgan fingerprint density at radius 1 is 1.35 bits per heavy atom. The highest BCUT2D eigenvalue weighted by molar-refractivity contribution is 7.91. The number of rotatable bonds is 8. The van der Waals surface area contributed by atoms with Gasteiger partial charge >= 0.3 is 0 Å². The van der Waals surface area contributed by atoms with Gasteiger partial charge in [0, 0.05) is 31.7 Å². The van der Waals surface area contributed by atoms with Gasteiger partial charge in [0.05, 0.1) is 11.5 Å². The molecule has 1 fully saturated rings. The fraction of sp³-hybridized carbons (Fsp3) is 0.632.